The van der Waals surface area contributed by atoms with E-state index in [9.17, 15) is 0 Å². The Kier molecular flexibility index (Phi) is 5.32. The van der Waals surface area contributed by atoms with E-state index in [0.29, 0.717) is 11.5 Å². The average molecular weight is 257 g/mol. The van der Waals surface area contributed by atoms with Gasteiger partial charge in [0.15, 0.2) is 0 Å². The smallest absolute Gasteiger partial charge is 0.0991 e. The molecule has 0 radical (unpaired) electrons. The highest BCUT2D eigenvalue weighted by atomic mass is 16.5. The van der Waals surface area contributed by atoms with Gasteiger partial charge in [0.2, 0.25) is 0 Å². The van der Waals surface area contributed by atoms with Crippen molar-refractivity contribution >= 4 is 0 Å². The van der Waals surface area contributed by atoms with E-state index in [1.807, 2.05) is 24.3 Å². The third-order valence-corrected chi connectivity index (χ3v) is 3.27. The number of rotatable bonds is 5. The third kappa shape index (κ3) is 4.89. The molecule has 1 atom stereocenters. The van der Waals surface area contributed by atoms with Crippen LogP contribution in [0.5, 0.6) is 0 Å². The Balaban J connectivity index is 3.03. The SMILES string of the molecule is COC(C)(C)CC(C=C(C)C)c1ccc(C#N)cc1. The van der Waals surface area contributed by atoms with Gasteiger partial charge in [0.25, 0.3) is 0 Å². The molecule has 0 aliphatic heterocycles. The lowest BCUT2D eigenvalue weighted by atomic mass is 9.86. The van der Waals surface area contributed by atoms with Crippen molar-refractivity contribution in [2.24, 2.45) is 0 Å². The van der Waals surface area contributed by atoms with Gasteiger partial charge < -0.3 is 4.74 Å². The van der Waals surface area contributed by atoms with Crippen molar-refractivity contribution in [3.05, 3.63) is 47.0 Å². The van der Waals surface area contributed by atoms with Crippen LogP contribution in [0.2, 0.25) is 0 Å². The van der Waals surface area contributed by atoms with E-state index in [1.165, 1.54) is 11.1 Å². The summed E-state index contributed by atoms with van der Waals surface area (Å²) >= 11 is 0. The van der Waals surface area contributed by atoms with Crippen LogP contribution in [0.1, 0.15) is 51.2 Å². The molecular weight excluding hydrogens is 234 g/mol. The van der Waals surface area contributed by atoms with E-state index < -0.39 is 0 Å². The van der Waals surface area contributed by atoms with Gasteiger partial charge >= 0.3 is 0 Å². The Labute approximate surface area is 116 Å². The first-order chi connectivity index (χ1) is 8.88. The van der Waals surface area contributed by atoms with Gasteiger partial charge in [0.1, 0.15) is 0 Å². The van der Waals surface area contributed by atoms with Gasteiger partial charge in [-0.2, -0.15) is 5.26 Å². The summed E-state index contributed by atoms with van der Waals surface area (Å²) < 4.78 is 5.53. The minimum Gasteiger partial charge on any atom is -0.379 e. The number of hydrogen-bond donors (Lipinski definition) is 0. The predicted octanol–water partition coefficient (Wildman–Crippen LogP) is 4.42. The Morgan fingerprint density at radius 1 is 1.32 bits per heavy atom. The largest absolute Gasteiger partial charge is 0.379 e. The van der Waals surface area contributed by atoms with Crippen LogP contribution < -0.4 is 0 Å². The number of ether oxygens (including phenoxy) is 1. The lowest BCUT2D eigenvalue weighted by Gasteiger charge is -2.27. The van der Waals surface area contributed by atoms with Crippen molar-refractivity contribution in [1.82, 2.24) is 0 Å². The zero-order chi connectivity index (χ0) is 14.5. The maximum absolute atomic E-state index is 8.86. The van der Waals surface area contributed by atoms with Crippen molar-refractivity contribution in [1.29, 1.82) is 5.26 Å². The molecule has 1 aromatic rings. The molecule has 1 aromatic carbocycles. The summed E-state index contributed by atoms with van der Waals surface area (Å²) in [6.45, 7) is 8.41. The highest BCUT2D eigenvalue weighted by molar-refractivity contribution is 5.35. The van der Waals surface area contributed by atoms with E-state index in [1.54, 1.807) is 7.11 Å². The first-order valence-electron chi connectivity index (χ1n) is 6.58. The lowest BCUT2D eigenvalue weighted by molar-refractivity contribution is 0.0126. The number of hydrogen-bond acceptors (Lipinski definition) is 2. The first kappa shape index (κ1) is 15.5. The molecule has 0 aromatic heterocycles. The lowest BCUT2D eigenvalue weighted by Crippen LogP contribution is -2.25. The van der Waals surface area contributed by atoms with Crippen LogP contribution in [0.25, 0.3) is 0 Å². The van der Waals surface area contributed by atoms with E-state index in [4.69, 9.17) is 10.00 Å². The zero-order valence-electron chi connectivity index (χ0n) is 12.5. The van der Waals surface area contributed by atoms with Crippen molar-refractivity contribution in [3.63, 3.8) is 0 Å². The summed E-state index contributed by atoms with van der Waals surface area (Å²) in [6, 6.07) is 9.98. The molecule has 0 amide bonds. The molecule has 1 unspecified atom stereocenters. The Bertz CT molecular complexity index is 473. The van der Waals surface area contributed by atoms with Crippen LogP contribution in [-0.2, 0) is 4.74 Å². The van der Waals surface area contributed by atoms with Crippen LogP contribution in [0, 0.1) is 11.3 Å². The van der Waals surface area contributed by atoms with Gasteiger partial charge in [-0.3, -0.25) is 0 Å². The fourth-order valence-electron chi connectivity index (χ4n) is 2.09. The van der Waals surface area contributed by atoms with E-state index in [0.717, 1.165) is 6.42 Å². The minimum absolute atomic E-state index is 0.162. The van der Waals surface area contributed by atoms with Gasteiger partial charge in [-0.25, -0.2) is 0 Å². The molecule has 0 saturated heterocycles. The molecule has 2 heteroatoms. The van der Waals surface area contributed by atoms with Crippen LogP contribution >= 0.6 is 0 Å². The monoisotopic (exact) mass is 257 g/mol. The molecule has 0 aliphatic rings. The molecule has 2 nitrogen and oxygen atoms in total. The second-order valence-corrected chi connectivity index (χ2v) is 5.75. The zero-order valence-corrected chi connectivity index (χ0v) is 12.5. The number of methoxy groups -OCH3 is 1. The van der Waals surface area contributed by atoms with Gasteiger partial charge in [-0.05, 0) is 51.8 Å². The van der Waals surface area contributed by atoms with Crippen molar-refractivity contribution in [2.75, 3.05) is 7.11 Å². The number of benzene rings is 1. The molecule has 19 heavy (non-hydrogen) atoms. The Hall–Kier alpha value is -1.59. The normalized spacial score (nSPS) is 12.6. The Morgan fingerprint density at radius 3 is 2.32 bits per heavy atom. The fourth-order valence-corrected chi connectivity index (χ4v) is 2.09. The highest BCUT2D eigenvalue weighted by Crippen LogP contribution is 2.30. The first-order valence-corrected chi connectivity index (χ1v) is 6.58. The molecule has 0 aliphatic carbocycles. The number of nitriles is 1. The van der Waals surface area contributed by atoms with Gasteiger partial charge in [-0.15, -0.1) is 0 Å². The second kappa shape index (κ2) is 6.54. The molecule has 0 N–H and O–H groups in total. The van der Waals surface area contributed by atoms with Crippen molar-refractivity contribution in [3.8, 4) is 6.07 Å². The highest BCUT2D eigenvalue weighted by Gasteiger charge is 2.22. The van der Waals surface area contributed by atoms with Gasteiger partial charge in [0, 0.05) is 13.0 Å². The van der Waals surface area contributed by atoms with Crippen LogP contribution in [0.4, 0.5) is 0 Å². The maximum Gasteiger partial charge on any atom is 0.0991 e. The topological polar surface area (TPSA) is 33.0 Å². The van der Waals surface area contributed by atoms with Crippen LogP contribution in [-0.4, -0.2) is 12.7 Å². The molecule has 102 valence electrons. The third-order valence-electron chi connectivity index (χ3n) is 3.27. The number of allylic oxidation sites excluding steroid dienone is 2. The van der Waals surface area contributed by atoms with Crippen LogP contribution in [0.3, 0.4) is 0 Å². The van der Waals surface area contributed by atoms with Crippen LogP contribution in [0.15, 0.2) is 35.9 Å². The summed E-state index contributed by atoms with van der Waals surface area (Å²) in [6.07, 6.45) is 3.18. The average Bonchev–Trinajstić information content (AvgIpc) is 2.37. The van der Waals surface area contributed by atoms with Gasteiger partial charge in [0.05, 0.1) is 17.2 Å². The minimum atomic E-state index is -0.162. The summed E-state index contributed by atoms with van der Waals surface area (Å²) in [7, 11) is 1.75. The maximum atomic E-state index is 8.86. The molecule has 0 fully saturated rings. The second-order valence-electron chi connectivity index (χ2n) is 5.75. The van der Waals surface area contributed by atoms with Crippen molar-refractivity contribution in [2.45, 2.75) is 45.6 Å². The summed E-state index contributed by atoms with van der Waals surface area (Å²) in [5, 5.41) is 8.86. The number of nitrogens with zero attached hydrogens (tertiary/aromatic N) is 1. The summed E-state index contributed by atoms with van der Waals surface area (Å²) in [4.78, 5) is 0. The van der Waals surface area contributed by atoms with E-state index in [-0.39, 0.29) is 5.60 Å². The molecule has 0 spiro atoms. The molecule has 0 bridgehead atoms. The summed E-state index contributed by atoms with van der Waals surface area (Å²) in [5.41, 5.74) is 3.06. The Morgan fingerprint density at radius 2 is 1.89 bits per heavy atom. The quantitative estimate of drug-likeness (QED) is 0.731. The van der Waals surface area contributed by atoms with Crippen molar-refractivity contribution < 1.29 is 4.74 Å². The molecule has 0 heterocycles. The summed E-state index contributed by atoms with van der Waals surface area (Å²) in [5.74, 6) is 0.313. The van der Waals surface area contributed by atoms with Gasteiger partial charge in [-0.1, -0.05) is 23.8 Å². The standard InChI is InChI=1S/C17H23NO/c1-13(2)10-16(11-17(3,4)19-5)15-8-6-14(12-18)7-9-15/h6-10,16H,11H2,1-5H3. The van der Waals surface area contributed by atoms with E-state index in [2.05, 4.69) is 39.8 Å². The molecular formula is C17H23NO. The molecule has 0 saturated carbocycles. The predicted molar refractivity (Wildman–Crippen MR) is 79.0 cm³/mol. The van der Waals surface area contributed by atoms with E-state index >= 15 is 0 Å². The fraction of sp³-hybridized carbons (Fsp3) is 0.471. The molecule has 1 rings (SSSR count).